The van der Waals surface area contributed by atoms with Crippen LogP contribution in [0.2, 0.25) is 0 Å². The molecule has 1 aliphatic rings. The molecule has 0 aliphatic carbocycles. The first-order valence-corrected chi connectivity index (χ1v) is 13.1. The molecule has 0 N–H and O–H groups in total. The zero-order chi connectivity index (χ0) is 22.0. The van der Waals surface area contributed by atoms with Gasteiger partial charge in [-0.2, -0.15) is 0 Å². The van der Waals surface area contributed by atoms with Crippen molar-refractivity contribution in [2.24, 2.45) is 0 Å². The summed E-state index contributed by atoms with van der Waals surface area (Å²) in [6, 6.07) is 23.6. The van der Waals surface area contributed by atoms with Crippen LogP contribution in [0.3, 0.4) is 0 Å². The summed E-state index contributed by atoms with van der Waals surface area (Å²) in [5.74, 6) is 0. The Balaban J connectivity index is 1.98. The molecule has 4 rings (SSSR count). The molecule has 1 heterocycles. The van der Waals surface area contributed by atoms with Crippen LogP contribution in [0.25, 0.3) is 14.7 Å². The van der Waals surface area contributed by atoms with Crippen LogP contribution in [0.5, 0.6) is 0 Å². The lowest BCUT2D eigenvalue weighted by molar-refractivity contribution is 0.457. The zero-order valence-electron chi connectivity index (χ0n) is 17.8. The van der Waals surface area contributed by atoms with Crippen LogP contribution in [-0.2, 0) is 16.6 Å². The third kappa shape index (κ3) is 4.30. The van der Waals surface area contributed by atoms with Gasteiger partial charge in [-0.05, 0) is 76.7 Å². The molecule has 3 aromatic carbocycles. The van der Waals surface area contributed by atoms with Crippen LogP contribution in [0.4, 0.5) is 0 Å². The summed E-state index contributed by atoms with van der Waals surface area (Å²) >= 11 is 2.34. The number of sulfonamides is 1. The molecule has 0 atom stereocenters. The first-order valence-electron chi connectivity index (χ1n) is 10.6. The van der Waals surface area contributed by atoms with Crippen LogP contribution in [0, 0.1) is 6.92 Å². The molecule has 0 radical (unpaired) electrons. The predicted molar refractivity (Wildman–Crippen MR) is 136 cm³/mol. The Kier molecular flexibility index (Phi) is 6.53. The quantitative estimate of drug-likeness (QED) is 0.320. The highest BCUT2D eigenvalue weighted by atomic mass is 127. The fraction of sp³-hybridized carbons (Fsp3) is 0.231. The standard InChI is InChI=1S/C26H26INO2S/c1-3-4-13-25-26(27)24-12-8-7-11-23(24)22-10-6-5-9-20(22)18-28(25)31(29,30)21-16-14-19(2)15-17-21/h5-12,14-17H,3-4,13,18H2,1-2H3/b26-25+. The third-order valence-electron chi connectivity index (χ3n) is 5.72. The van der Waals surface area contributed by atoms with E-state index in [1.165, 1.54) is 0 Å². The first kappa shape index (κ1) is 22.1. The molecular formula is C26H26INO2S. The minimum Gasteiger partial charge on any atom is -0.265 e. The number of nitrogens with zero attached hydrogens (tertiary/aromatic N) is 1. The van der Waals surface area contributed by atoms with Crippen molar-refractivity contribution in [2.45, 2.75) is 44.6 Å². The number of benzene rings is 3. The molecule has 3 nitrogen and oxygen atoms in total. The first-order chi connectivity index (χ1) is 14.9. The predicted octanol–water partition coefficient (Wildman–Crippen LogP) is 7.16. The largest absolute Gasteiger partial charge is 0.265 e. The van der Waals surface area contributed by atoms with Gasteiger partial charge in [0.25, 0.3) is 10.0 Å². The molecule has 5 heteroatoms. The van der Waals surface area contributed by atoms with Crippen LogP contribution in [-0.4, -0.2) is 12.7 Å². The summed E-state index contributed by atoms with van der Waals surface area (Å²) in [4.78, 5) is 0.336. The number of aryl methyl sites for hydroxylation is 1. The van der Waals surface area contributed by atoms with Crippen LogP contribution in [0.15, 0.2) is 83.4 Å². The van der Waals surface area contributed by atoms with Crippen molar-refractivity contribution in [2.75, 3.05) is 0 Å². The van der Waals surface area contributed by atoms with E-state index in [1.807, 2.05) is 49.4 Å². The molecule has 0 bridgehead atoms. The second-order valence-electron chi connectivity index (χ2n) is 7.89. The molecule has 0 spiro atoms. The Labute approximate surface area is 199 Å². The molecular weight excluding hydrogens is 517 g/mol. The van der Waals surface area contributed by atoms with E-state index >= 15 is 0 Å². The molecule has 0 fully saturated rings. The number of rotatable bonds is 5. The van der Waals surface area contributed by atoms with E-state index in [2.05, 4.69) is 47.7 Å². The molecule has 0 amide bonds. The maximum atomic E-state index is 13.9. The van der Waals surface area contributed by atoms with Crippen molar-refractivity contribution in [3.05, 3.63) is 95.2 Å². The maximum absolute atomic E-state index is 13.9. The van der Waals surface area contributed by atoms with Gasteiger partial charge in [0.05, 0.1) is 11.4 Å². The average Bonchev–Trinajstić information content (AvgIpc) is 2.78. The minimum absolute atomic E-state index is 0.326. The van der Waals surface area contributed by atoms with Gasteiger partial charge in [0.15, 0.2) is 0 Å². The van der Waals surface area contributed by atoms with Gasteiger partial charge < -0.3 is 0 Å². The monoisotopic (exact) mass is 543 g/mol. The number of allylic oxidation sites excluding steroid dienone is 1. The molecule has 0 aromatic heterocycles. The van der Waals surface area contributed by atoms with Crippen LogP contribution < -0.4 is 0 Å². The summed E-state index contributed by atoms with van der Waals surface area (Å²) in [5, 5.41) is 0. The van der Waals surface area contributed by atoms with Crippen molar-refractivity contribution in [1.29, 1.82) is 0 Å². The molecule has 31 heavy (non-hydrogen) atoms. The van der Waals surface area contributed by atoms with Crippen molar-refractivity contribution < 1.29 is 8.42 Å². The molecule has 0 unspecified atom stereocenters. The Morgan fingerprint density at radius 2 is 1.48 bits per heavy atom. The second-order valence-corrected chi connectivity index (χ2v) is 10.8. The molecule has 1 aliphatic heterocycles. The number of fused-ring (bicyclic) bond motifs is 3. The van der Waals surface area contributed by atoms with E-state index in [1.54, 1.807) is 16.4 Å². The van der Waals surface area contributed by atoms with E-state index in [0.29, 0.717) is 11.4 Å². The Hall–Kier alpha value is -2.12. The molecule has 3 aromatic rings. The lowest BCUT2D eigenvalue weighted by atomic mass is 9.93. The highest BCUT2D eigenvalue weighted by Crippen LogP contribution is 2.42. The Morgan fingerprint density at radius 3 is 2.16 bits per heavy atom. The van der Waals surface area contributed by atoms with E-state index in [4.69, 9.17) is 0 Å². The van der Waals surface area contributed by atoms with Gasteiger partial charge in [-0.15, -0.1) is 0 Å². The summed E-state index contributed by atoms with van der Waals surface area (Å²) in [6.45, 7) is 4.43. The van der Waals surface area contributed by atoms with Gasteiger partial charge in [-0.1, -0.05) is 79.6 Å². The number of hydrogen-bond donors (Lipinski definition) is 0. The molecule has 160 valence electrons. The maximum Gasteiger partial charge on any atom is 0.264 e. The zero-order valence-corrected chi connectivity index (χ0v) is 20.8. The van der Waals surface area contributed by atoms with Crippen molar-refractivity contribution >= 4 is 36.2 Å². The summed E-state index contributed by atoms with van der Waals surface area (Å²) in [6.07, 6.45) is 2.66. The van der Waals surface area contributed by atoms with E-state index in [0.717, 1.165) is 56.4 Å². The van der Waals surface area contributed by atoms with Crippen molar-refractivity contribution in [3.8, 4) is 11.1 Å². The average molecular weight is 543 g/mol. The highest BCUT2D eigenvalue weighted by molar-refractivity contribution is 14.1. The fourth-order valence-corrected chi connectivity index (χ4v) is 6.70. The topological polar surface area (TPSA) is 37.4 Å². The lowest BCUT2D eigenvalue weighted by Crippen LogP contribution is -2.31. The summed E-state index contributed by atoms with van der Waals surface area (Å²) in [7, 11) is -3.71. The van der Waals surface area contributed by atoms with Gasteiger partial charge >= 0.3 is 0 Å². The van der Waals surface area contributed by atoms with Gasteiger partial charge in [0.1, 0.15) is 0 Å². The fourth-order valence-electron chi connectivity index (χ4n) is 3.99. The van der Waals surface area contributed by atoms with E-state index in [-0.39, 0.29) is 0 Å². The smallest absolute Gasteiger partial charge is 0.264 e. The molecule has 0 saturated heterocycles. The molecule has 0 saturated carbocycles. The number of hydrogen-bond acceptors (Lipinski definition) is 2. The van der Waals surface area contributed by atoms with E-state index in [9.17, 15) is 8.42 Å². The summed E-state index contributed by atoms with van der Waals surface area (Å²) in [5.41, 5.74) is 6.27. The minimum atomic E-state index is -3.71. The van der Waals surface area contributed by atoms with Crippen LogP contribution in [0.1, 0.15) is 42.9 Å². The number of halogens is 1. The van der Waals surface area contributed by atoms with Crippen molar-refractivity contribution in [1.82, 2.24) is 4.31 Å². The lowest BCUT2D eigenvalue weighted by Gasteiger charge is -2.32. The highest BCUT2D eigenvalue weighted by Gasteiger charge is 2.31. The number of unbranched alkanes of at least 4 members (excludes halogenated alkanes) is 1. The van der Waals surface area contributed by atoms with E-state index < -0.39 is 10.0 Å². The summed E-state index contributed by atoms with van der Waals surface area (Å²) < 4.78 is 30.4. The van der Waals surface area contributed by atoms with Gasteiger partial charge in [0.2, 0.25) is 0 Å². The third-order valence-corrected chi connectivity index (χ3v) is 8.72. The van der Waals surface area contributed by atoms with Crippen molar-refractivity contribution in [3.63, 3.8) is 0 Å². The Morgan fingerprint density at radius 1 is 0.871 bits per heavy atom. The van der Waals surface area contributed by atoms with Gasteiger partial charge in [-0.25, -0.2) is 8.42 Å². The second kappa shape index (κ2) is 9.17. The SMILES string of the molecule is CCCC/C1=C(\I)c2ccccc2-c2ccccc2CN1S(=O)(=O)c1ccc(C)cc1. The van der Waals surface area contributed by atoms with Gasteiger partial charge in [-0.3, -0.25) is 4.31 Å². The van der Waals surface area contributed by atoms with Gasteiger partial charge in [0, 0.05) is 9.28 Å². The normalized spacial score (nSPS) is 16.3. The van der Waals surface area contributed by atoms with Crippen LogP contribution >= 0.6 is 22.6 Å². The Bertz CT molecular complexity index is 1230.